The van der Waals surface area contributed by atoms with Gasteiger partial charge in [-0.25, -0.2) is 0 Å². The number of aryl methyl sites for hydroxylation is 1. The van der Waals surface area contributed by atoms with Crippen molar-refractivity contribution in [3.05, 3.63) is 70.8 Å². The van der Waals surface area contributed by atoms with Gasteiger partial charge in [0, 0.05) is 50.2 Å². The van der Waals surface area contributed by atoms with Crippen LogP contribution in [0.5, 0.6) is 0 Å². The molecule has 0 saturated carbocycles. The number of carbonyl (C=O) groups is 2. The summed E-state index contributed by atoms with van der Waals surface area (Å²) >= 11 is 0. The molecule has 2 aromatic carbocycles. The van der Waals surface area contributed by atoms with Crippen molar-refractivity contribution in [1.29, 1.82) is 0 Å². The number of piperidine rings is 1. The molecule has 2 amide bonds. The number of fused-ring (bicyclic) bond motifs is 1. The number of amides is 2. The minimum atomic E-state index is -0.00444. The summed E-state index contributed by atoms with van der Waals surface area (Å²) in [5.74, 6) is 0.207. The summed E-state index contributed by atoms with van der Waals surface area (Å²) in [6.45, 7) is 8.10. The number of likely N-dealkylation sites (tertiary alicyclic amines) is 1. The smallest absolute Gasteiger partial charge is 0.254 e. The Kier molecular flexibility index (Phi) is 6.71. The van der Waals surface area contributed by atoms with Gasteiger partial charge >= 0.3 is 0 Å². The maximum Gasteiger partial charge on any atom is 0.254 e. The van der Waals surface area contributed by atoms with Gasteiger partial charge in [-0.15, -0.1) is 0 Å². The van der Waals surface area contributed by atoms with Crippen LogP contribution in [0.2, 0.25) is 0 Å². The van der Waals surface area contributed by atoms with Gasteiger partial charge in [-0.3, -0.25) is 14.5 Å². The first kappa shape index (κ1) is 21.6. The van der Waals surface area contributed by atoms with Gasteiger partial charge in [0.05, 0.1) is 0 Å². The lowest BCUT2D eigenvalue weighted by Crippen LogP contribution is -2.47. The van der Waals surface area contributed by atoms with E-state index in [1.54, 1.807) is 0 Å². The van der Waals surface area contributed by atoms with Crippen LogP contribution in [-0.4, -0.2) is 53.8 Å². The monoisotopic (exact) mass is 419 g/mol. The lowest BCUT2D eigenvalue weighted by atomic mass is 9.95. The van der Waals surface area contributed by atoms with Crippen molar-refractivity contribution in [2.24, 2.45) is 5.92 Å². The summed E-state index contributed by atoms with van der Waals surface area (Å²) in [7, 11) is 0. The molecule has 2 aliphatic rings. The average Bonchev–Trinajstić information content (AvgIpc) is 2.82. The molecule has 0 radical (unpaired) electrons. The first-order valence-corrected chi connectivity index (χ1v) is 11.5. The molecule has 164 valence electrons. The second-order valence-electron chi connectivity index (χ2n) is 8.96. The summed E-state index contributed by atoms with van der Waals surface area (Å²) in [4.78, 5) is 29.9. The summed E-state index contributed by atoms with van der Waals surface area (Å²) < 4.78 is 0. The van der Waals surface area contributed by atoms with Crippen molar-refractivity contribution in [2.45, 2.75) is 45.7 Å². The van der Waals surface area contributed by atoms with E-state index in [4.69, 9.17) is 0 Å². The minimum absolute atomic E-state index is 0.00444. The maximum atomic E-state index is 12.8. The van der Waals surface area contributed by atoms with Crippen molar-refractivity contribution >= 4 is 11.8 Å². The number of nitrogens with one attached hydrogen (secondary N) is 1. The first-order valence-electron chi connectivity index (χ1n) is 11.5. The topological polar surface area (TPSA) is 52.7 Å². The van der Waals surface area contributed by atoms with E-state index in [1.165, 1.54) is 11.1 Å². The van der Waals surface area contributed by atoms with E-state index in [0.29, 0.717) is 25.7 Å². The van der Waals surface area contributed by atoms with Gasteiger partial charge in [0.25, 0.3) is 5.91 Å². The summed E-state index contributed by atoms with van der Waals surface area (Å²) in [6, 6.07) is 16.7. The van der Waals surface area contributed by atoms with Crippen LogP contribution in [0.4, 0.5) is 0 Å². The molecule has 0 unspecified atom stereocenters. The number of rotatable bonds is 5. The highest BCUT2D eigenvalue weighted by Crippen LogP contribution is 2.22. The predicted molar refractivity (Wildman–Crippen MR) is 123 cm³/mol. The first-order chi connectivity index (χ1) is 15.0. The molecule has 0 bridgehead atoms. The zero-order valence-corrected chi connectivity index (χ0v) is 18.6. The number of benzene rings is 2. The highest BCUT2D eigenvalue weighted by atomic mass is 16.2. The van der Waals surface area contributed by atoms with Crippen LogP contribution in [0.3, 0.4) is 0 Å². The molecule has 5 heteroatoms. The Labute approximate surface area is 185 Å². The van der Waals surface area contributed by atoms with Crippen molar-refractivity contribution < 1.29 is 9.59 Å². The highest BCUT2D eigenvalue weighted by molar-refractivity contribution is 5.95. The largest absolute Gasteiger partial charge is 0.354 e. The van der Waals surface area contributed by atoms with Crippen LogP contribution < -0.4 is 5.32 Å². The summed E-state index contributed by atoms with van der Waals surface area (Å²) in [5.41, 5.74) is 4.61. The fourth-order valence-corrected chi connectivity index (χ4v) is 4.74. The Bertz CT molecular complexity index is 934. The Hall–Kier alpha value is -2.66. The van der Waals surface area contributed by atoms with Gasteiger partial charge in [0.2, 0.25) is 5.91 Å². The van der Waals surface area contributed by atoms with Crippen molar-refractivity contribution in [3.8, 4) is 0 Å². The fraction of sp³-hybridized carbons (Fsp3) is 0.462. The van der Waals surface area contributed by atoms with E-state index in [9.17, 15) is 9.59 Å². The molecule has 2 heterocycles. The zero-order chi connectivity index (χ0) is 21.8. The minimum Gasteiger partial charge on any atom is -0.354 e. The van der Waals surface area contributed by atoms with Crippen LogP contribution >= 0.6 is 0 Å². The molecule has 0 spiro atoms. The number of hydrogen-bond donors (Lipinski definition) is 1. The number of hydrogen-bond acceptors (Lipinski definition) is 3. The lowest BCUT2D eigenvalue weighted by molar-refractivity contribution is -0.126. The van der Waals surface area contributed by atoms with Crippen LogP contribution in [0.1, 0.15) is 46.8 Å². The van der Waals surface area contributed by atoms with Crippen LogP contribution in [0.15, 0.2) is 48.5 Å². The van der Waals surface area contributed by atoms with E-state index in [1.807, 2.05) is 36.1 Å². The van der Waals surface area contributed by atoms with Crippen LogP contribution in [-0.2, 0) is 17.8 Å². The molecular weight excluding hydrogens is 386 g/mol. The molecule has 1 N–H and O–H groups in total. The molecule has 1 saturated heterocycles. The second kappa shape index (κ2) is 9.65. The summed E-state index contributed by atoms with van der Waals surface area (Å²) in [6.07, 6.45) is 2.53. The molecule has 1 fully saturated rings. The lowest BCUT2D eigenvalue weighted by Gasteiger charge is -2.35. The van der Waals surface area contributed by atoms with E-state index in [0.717, 1.165) is 43.5 Å². The Morgan fingerprint density at radius 3 is 2.42 bits per heavy atom. The molecule has 1 atom stereocenters. The van der Waals surface area contributed by atoms with Gasteiger partial charge in [-0.1, -0.05) is 42.5 Å². The molecule has 2 aromatic rings. The standard InChI is InChI=1S/C26H33N3O2/c1-19-7-3-6-10-24(19)26(31)28-14-12-22(13-15-28)25(30)27-17-20(2)29-16-11-21-8-4-5-9-23(21)18-29/h3-10,20,22H,11-18H2,1-2H3,(H,27,30)/t20-/m0/s1. The number of carbonyl (C=O) groups excluding carboxylic acids is 2. The molecule has 2 aliphatic heterocycles. The Morgan fingerprint density at radius 2 is 1.68 bits per heavy atom. The molecular formula is C26H33N3O2. The highest BCUT2D eigenvalue weighted by Gasteiger charge is 2.29. The van der Waals surface area contributed by atoms with Gasteiger partial charge in [-0.2, -0.15) is 0 Å². The zero-order valence-electron chi connectivity index (χ0n) is 18.6. The molecule has 0 aliphatic carbocycles. The van der Waals surface area contributed by atoms with E-state index in [-0.39, 0.29) is 17.7 Å². The molecule has 4 rings (SSSR count). The van der Waals surface area contributed by atoms with Crippen LogP contribution in [0, 0.1) is 12.8 Å². The molecule has 31 heavy (non-hydrogen) atoms. The van der Waals surface area contributed by atoms with E-state index < -0.39 is 0 Å². The molecule has 5 nitrogen and oxygen atoms in total. The Balaban J connectivity index is 1.23. The third-order valence-electron chi connectivity index (χ3n) is 6.88. The van der Waals surface area contributed by atoms with Crippen molar-refractivity contribution in [3.63, 3.8) is 0 Å². The van der Waals surface area contributed by atoms with Gasteiger partial charge in [0.1, 0.15) is 0 Å². The predicted octanol–water partition coefficient (Wildman–Crippen LogP) is 3.41. The van der Waals surface area contributed by atoms with Gasteiger partial charge in [-0.05, 0) is 55.9 Å². The SMILES string of the molecule is Cc1ccccc1C(=O)N1CCC(C(=O)NC[C@H](C)N2CCc3ccccc3C2)CC1. The quantitative estimate of drug-likeness (QED) is 0.808. The molecule has 0 aromatic heterocycles. The van der Waals surface area contributed by atoms with E-state index >= 15 is 0 Å². The number of nitrogens with zero attached hydrogens (tertiary/aromatic N) is 2. The Morgan fingerprint density at radius 1 is 1.00 bits per heavy atom. The second-order valence-corrected chi connectivity index (χ2v) is 8.96. The van der Waals surface area contributed by atoms with Crippen LogP contribution in [0.25, 0.3) is 0 Å². The third kappa shape index (κ3) is 4.99. The van der Waals surface area contributed by atoms with Crippen molar-refractivity contribution in [2.75, 3.05) is 26.2 Å². The van der Waals surface area contributed by atoms with Gasteiger partial charge < -0.3 is 10.2 Å². The van der Waals surface area contributed by atoms with Crippen molar-refractivity contribution in [1.82, 2.24) is 15.1 Å². The fourth-order valence-electron chi connectivity index (χ4n) is 4.74. The van der Waals surface area contributed by atoms with E-state index in [2.05, 4.69) is 41.4 Å². The third-order valence-corrected chi connectivity index (χ3v) is 6.88. The maximum absolute atomic E-state index is 12.8. The normalized spacial score (nSPS) is 18.3. The van der Waals surface area contributed by atoms with Gasteiger partial charge in [0.15, 0.2) is 0 Å². The average molecular weight is 420 g/mol. The summed E-state index contributed by atoms with van der Waals surface area (Å²) in [5, 5.41) is 3.17.